The van der Waals surface area contributed by atoms with Crippen LogP contribution in [0.4, 0.5) is 10.2 Å². The molecule has 126 valence electrons. The van der Waals surface area contributed by atoms with Crippen LogP contribution in [0, 0.1) is 5.82 Å². The Hall–Kier alpha value is -2.15. The molecule has 0 aliphatic carbocycles. The topological polar surface area (TPSA) is 45.7 Å². The molecule has 1 aromatic heterocycles. The highest BCUT2D eigenvalue weighted by atomic mass is 79.9. The van der Waals surface area contributed by atoms with Gasteiger partial charge in [-0.2, -0.15) is 0 Å². The monoisotopic (exact) mass is 393 g/mol. The molecular formula is C17H17BrFN3O2. The predicted molar refractivity (Wildman–Crippen MR) is 92.5 cm³/mol. The maximum absolute atomic E-state index is 14.0. The number of halogens is 2. The van der Waals surface area contributed by atoms with Gasteiger partial charge in [0.2, 0.25) is 5.91 Å². The van der Waals surface area contributed by atoms with Crippen LogP contribution in [0.5, 0.6) is 5.75 Å². The second-order valence-electron chi connectivity index (χ2n) is 5.55. The number of hydrogen-bond acceptors (Lipinski definition) is 4. The average Bonchev–Trinajstić information content (AvgIpc) is 2.57. The molecule has 0 spiro atoms. The third-order valence-corrected chi connectivity index (χ3v) is 4.35. The van der Waals surface area contributed by atoms with Crippen LogP contribution in [0.2, 0.25) is 0 Å². The summed E-state index contributed by atoms with van der Waals surface area (Å²) in [6, 6.07) is 8.99. The molecule has 0 saturated carbocycles. The van der Waals surface area contributed by atoms with Crippen LogP contribution in [0.25, 0.3) is 0 Å². The molecule has 0 bridgehead atoms. The highest BCUT2D eigenvalue weighted by Crippen LogP contribution is 2.22. The quantitative estimate of drug-likeness (QED) is 0.800. The van der Waals surface area contributed by atoms with Crippen molar-refractivity contribution in [2.75, 3.05) is 31.6 Å². The van der Waals surface area contributed by atoms with Crippen molar-refractivity contribution in [1.82, 2.24) is 9.88 Å². The van der Waals surface area contributed by atoms with E-state index in [-0.39, 0.29) is 18.3 Å². The first kappa shape index (κ1) is 16.7. The minimum absolute atomic E-state index is 0.0480. The maximum atomic E-state index is 14.0. The Kier molecular flexibility index (Phi) is 4.99. The largest absolute Gasteiger partial charge is 0.497 e. The van der Waals surface area contributed by atoms with E-state index in [1.807, 2.05) is 24.3 Å². The summed E-state index contributed by atoms with van der Waals surface area (Å²) in [4.78, 5) is 19.9. The lowest BCUT2D eigenvalue weighted by atomic mass is 10.2. The van der Waals surface area contributed by atoms with E-state index in [1.54, 1.807) is 16.9 Å². The third kappa shape index (κ3) is 3.67. The summed E-state index contributed by atoms with van der Waals surface area (Å²) in [6.07, 6.45) is 1.53. The first-order valence-corrected chi connectivity index (χ1v) is 8.33. The molecule has 1 saturated heterocycles. The van der Waals surface area contributed by atoms with Gasteiger partial charge in [-0.05, 0) is 39.7 Å². The first-order valence-electron chi connectivity index (χ1n) is 7.53. The number of benzene rings is 1. The standard InChI is InChI=1S/C17H17BrFN3O2/c1-24-14-4-2-3-12(7-14)10-21-5-6-22(11-16(21)23)17-15(19)8-13(18)9-20-17/h2-4,7-9H,5-6,10-11H2,1H3. The van der Waals surface area contributed by atoms with E-state index in [9.17, 15) is 9.18 Å². The number of carbonyl (C=O) groups is 1. The SMILES string of the molecule is COc1cccc(CN2CCN(c3ncc(Br)cc3F)CC2=O)c1. The number of nitrogens with zero attached hydrogens (tertiary/aromatic N) is 3. The van der Waals surface area contributed by atoms with E-state index >= 15 is 0 Å². The highest BCUT2D eigenvalue weighted by Gasteiger charge is 2.26. The van der Waals surface area contributed by atoms with Crippen LogP contribution in [0.1, 0.15) is 5.56 Å². The number of methoxy groups -OCH3 is 1. The number of carbonyl (C=O) groups excluding carboxylic acids is 1. The Balaban J connectivity index is 1.68. The average molecular weight is 394 g/mol. The summed E-state index contributed by atoms with van der Waals surface area (Å²) in [5.74, 6) is 0.499. The van der Waals surface area contributed by atoms with E-state index in [0.717, 1.165) is 11.3 Å². The molecule has 1 fully saturated rings. The fraction of sp³-hybridized carbons (Fsp3) is 0.294. The van der Waals surface area contributed by atoms with E-state index in [0.29, 0.717) is 24.1 Å². The fourth-order valence-electron chi connectivity index (χ4n) is 2.69. The molecule has 1 aliphatic rings. The van der Waals surface area contributed by atoms with Gasteiger partial charge in [-0.25, -0.2) is 9.37 Å². The molecular weight excluding hydrogens is 377 g/mol. The summed E-state index contributed by atoms with van der Waals surface area (Å²) in [7, 11) is 1.61. The number of pyridine rings is 1. The van der Waals surface area contributed by atoms with E-state index in [1.165, 1.54) is 12.3 Å². The van der Waals surface area contributed by atoms with Gasteiger partial charge in [0.15, 0.2) is 11.6 Å². The molecule has 2 heterocycles. The van der Waals surface area contributed by atoms with Crippen molar-refractivity contribution in [1.29, 1.82) is 0 Å². The van der Waals surface area contributed by atoms with Crippen molar-refractivity contribution in [3.63, 3.8) is 0 Å². The van der Waals surface area contributed by atoms with E-state index in [4.69, 9.17) is 4.74 Å². The molecule has 1 amide bonds. The molecule has 2 aromatic rings. The van der Waals surface area contributed by atoms with Gasteiger partial charge in [0, 0.05) is 30.3 Å². The number of rotatable bonds is 4. The van der Waals surface area contributed by atoms with Gasteiger partial charge in [-0.15, -0.1) is 0 Å². The van der Waals surface area contributed by atoms with Gasteiger partial charge in [0.05, 0.1) is 13.7 Å². The number of amides is 1. The normalized spacial score (nSPS) is 14.9. The summed E-state index contributed by atoms with van der Waals surface area (Å²) >= 11 is 3.18. The first-order chi connectivity index (χ1) is 11.6. The minimum Gasteiger partial charge on any atom is -0.497 e. The molecule has 0 unspecified atom stereocenters. The summed E-state index contributed by atoms with van der Waals surface area (Å²) < 4.78 is 19.8. The lowest BCUT2D eigenvalue weighted by Gasteiger charge is -2.35. The van der Waals surface area contributed by atoms with Crippen molar-refractivity contribution in [2.24, 2.45) is 0 Å². The third-order valence-electron chi connectivity index (χ3n) is 3.91. The van der Waals surface area contributed by atoms with Crippen LogP contribution >= 0.6 is 15.9 Å². The molecule has 1 aliphatic heterocycles. The lowest BCUT2D eigenvalue weighted by Crippen LogP contribution is -2.50. The Bertz CT molecular complexity index is 756. The van der Waals surface area contributed by atoms with Crippen molar-refractivity contribution < 1.29 is 13.9 Å². The van der Waals surface area contributed by atoms with Crippen LogP contribution in [-0.2, 0) is 11.3 Å². The summed E-state index contributed by atoms with van der Waals surface area (Å²) in [5, 5.41) is 0. The zero-order valence-corrected chi connectivity index (χ0v) is 14.8. The van der Waals surface area contributed by atoms with Gasteiger partial charge in [-0.1, -0.05) is 12.1 Å². The molecule has 24 heavy (non-hydrogen) atoms. The van der Waals surface area contributed by atoms with Crippen molar-refractivity contribution in [3.8, 4) is 5.75 Å². The van der Waals surface area contributed by atoms with Gasteiger partial charge in [-0.3, -0.25) is 4.79 Å². The predicted octanol–water partition coefficient (Wildman–Crippen LogP) is 2.84. The molecule has 1 aromatic carbocycles. The lowest BCUT2D eigenvalue weighted by molar-refractivity contribution is -0.131. The zero-order valence-electron chi connectivity index (χ0n) is 13.2. The van der Waals surface area contributed by atoms with Crippen LogP contribution in [0.3, 0.4) is 0 Å². The Morgan fingerprint density at radius 3 is 2.88 bits per heavy atom. The van der Waals surface area contributed by atoms with Gasteiger partial charge < -0.3 is 14.5 Å². The summed E-state index contributed by atoms with van der Waals surface area (Å²) in [6.45, 7) is 1.70. The highest BCUT2D eigenvalue weighted by molar-refractivity contribution is 9.10. The Morgan fingerprint density at radius 1 is 1.33 bits per heavy atom. The maximum Gasteiger partial charge on any atom is 0.242 e. The second-order valence-corrected chi connectivity index (χ2v) is 6.46. The number of aromatic nitrogens is 1. The molecule has 0 radical (unpaired) electrons. The second kappa shape index (κ2) is 7.17. The van der Waals surface area contributed by atoms with Gasteiger partial charge in [0.25, 0.3) is 0 Å². The Morgan fingerprint density at radius 2 is 2.17 bits per heavy atom. The molecule has 7 heteroatoms. The number of piperazine rings is 1. The van der Waals surface area contributed by atoms with Crippen molar-refractivity contribution >= 4 is 27.7 Å². The van der Waals surface area contributed by atoms with Crippen LogP contribution in [-0.4, -0.2) is 42.5 Å². The van der Waals surface area contributed by atoms with Crippen LogP contribution in [0.15, 0.2) is 41.0 Å². The fourth-order valence-corrected chi connectivity index (χ4v) is 2.99. The molecule has 3 rings (SSSR count). The summed E-state index contributed by atoms with van der Waals surface area (Å²) in [5.41, 5.74) is 1.00. The smallest absolute Gasteiger partial charge is 0.242 e. The molecule has 0 N–H and O–H groups in total. The van der Waals surface area contributed by atoms with Gasteiger partial charge in [0.1, 0.15) is 5.75 Å². The van der Waals surface area contributed by atoms with Crippen molar-refractivity contribution in [3.05, 3.63) is 52.4 Å². The minimum atomic E-state index is -0.432. The zero-order chi connectivity index (χ0) is 17.1. The van der Waals surface area contributed by atoms with E-state index in [2.05, 4.69) is 20.9 Å². The molecule has 5 nitrogen and oxygen atoms in total. The van der Waals surface area contributed by atoms with Crippen molar-refractivity contribution in [2.45, 2.75) is 6.54 Å². The van der Waals surface area contributed by atoms with E-state index < -0.39 is 5.82 Å². The number of hydrogen-bond donors (Lipinski definition) is 0. The number of anilines is 1. The molecule has 0 atom stereocenters. The van der Waals surface area contributed by atoms with Crippen LogP contribution < -0.4 is 9.64 Å². The van der Waals surface area contributed by atoms with Gasteiger partial charge >= 0.3 is 0 Å². The number of ether oxygens (including phenoxy) is 1. The Labute approximate surface area is 148 Å².